The first-order valence-electron chi connectivity index (χ1n) is 6.60. The minimum absolute atomic E-state index is 0.272. The smallest absolute Gasteiger partial charge is 0.119 e. The first kappa shape index (κ1) is 12.9. The molecule has 3 heteroatoms. The van der Waals surface area contributed by atoms with Crippen molar-refractivity contribution in [2.75, 3.05) is 13.1 Å². The molecule has 2 rings (SSSR count). The number of rotatable bonds is 3. The first-order valence-corrected chi connectivity index (χ1v) is 6.60. The molecule has 1 aliphatic heterocycles. The molecule has 1 unspecified atom stereocenters. The van der Waals surface area contributed by atoms with E-state index in [2.05, 4.69) is 24.8 Å². The maximum absolute atomic E-state index is 8.75. The number of hydrogen-bond donors (Lipinski definition) is 0. The number of ether oxygens (including phenoxy) is 1. The molecule has 1 atom stereocenters. The Labute approximate surface area is 109 Å². The van der Waals surface area contributed by atoms with Gasteiger partial charge in [-0.05, 0) is 57.5 Å². The van der Waals surface area contributed by atoms with Gasteiger partial charge in [0.1, 0.15) is 11.9 Å². The molecule has 0 bridgehead atoms. The predicted octanol–water partition coefficient (Wildman–Crippen LogP) is 2.81. The van der Waals surface area contributed by atoms with Gasteiger partial charge < -0.3 is 4.74 Å². The van der Waals surface area contributed by atoms with Crippen LogP contribution in [-0.4, -0.2) is 30.1 Å². The van der Waals surface area contributed by atoms with Gasteiger partial charge >= 0.3 is 0 Å². The fourth-order valence-electron chi connectivity index (χ4n) is 2.33. The Hall–Kier alpha value is -1.53. The Morgan fingerprint density at radius 1 is 1.33 bits per heavy atom. The monoisotopic (exact) mass is 244 g/mol. The summed E-state index contributed by atoms with van der Waals surface area (Å²) in [6.07, 6.45) is 2.58. The van der Waals surface area contributed by atoms with Crippen molar-refractivity contribution < 1.29 is 4.74 Å². The van der Waals surface area contributed by atoms with Crippen LogP contribution in [0.4, 0.5) is 0 Å². The molecule has 0 radical (unpaired) electrons. The summed E-state index contributed by atoms with van der Waals surface area (Å²) in [4.78, 5) is 2.46. The van der Waals surface area contributed by atoms with E-state index in [1.54, 1.807) is 12.1 Å². The molecule has 0 aliphatic carbocycles. The van der Waals surface area contributed by atoms with Gasteiger partial charge in [0.25, 0.3) is 0 Å². The zero-order valence-electron chi connectivity index (χ0n) is 11.1. The zero-order chi connectivity index (χ0) is 13.0. The lowest BCUT2D eigenvalue weighted by Gasteiger charge is -2.35. The molecule has 3 nitrogen and oxygen atoms in total. The topological polar surface area (TPSA) is 36.3 Å². The van der Waals surface area contributed by atoms with Crippen LogP contribution in [0, 0.1) is 11.3 Å². The summed E-state index contributed by atoms with van der Waals surface area (Å²) < 4.78 is 5.98. The molecular weight excluding hydrogens is 224 g/mol. The van der Waals surface area contributed by atoms with Gasteiger partial charge in [-0.15, -0.1) is 0 Å². The summed E-state index contributed by atoms with van der Waals surface area (Å²) in [5.74, 6) is 0.865. The molecule has 0 amide bonds. The second kappa shape index (κ2) is 5.88. The predicted molar refractivity (Wildman–Crippen MR) is 71.5 cm³/mol. The van der Waals surface area contributed by atoms with Crippen LogP contribution >= 0.6 is 0 Å². The van der Waals surface area contributed by atoms with Gasteiger partial charge in [-0.3, -0.25) is 4.90 Å². The van der Waals surface area contributed by atoms with Gasteiger partial charge in [-0.25, -0.2) is 0 Å². The van der Waals surface area contributed by atoms with Gasteiger partial charge in [0.2, 0.25) is 0 Å². The third-order valence-electron chi connectivity index (χ3n) is 3.43. The Kier molecular flexibility index (Phi) is 4.22. The van der Waals surface area contributed by atoms with Gasteiger partial charge in [-0.1, -0.05) is 0 Å². The highest BCUT2D eigenvalue weighted by Crippen LogP contribution is 2.20. The minimum Gasteiger partial charge on any atom is -0.489 e. The highest BCUT2D eigenvalue weighted by atomic mass is 16.5. The summed E-state index contributed by atoms with van der Waals surface area (Å²) in [7, 11) is 0. The summed E-state index contributed by atoms with van der Waals surface area (Å²) in [6.45, 7) is 6.62. The summed E-state index contributed by atoms with van der Waals surface area (Å²) in [5.41, 5.74) is 0.676. The maximum Gasteiger partial charge on any atom is 0.119 e. The molecular formula is C15H20N2O. The number of nitriles is 1. The van der Waals surface area contributed by atoms with E-state index >= 15 is 0 Å². The quantitative estimate of drug-likeness (QED) is 0.820. The van der Waals surface area contributed by atoms with Crippen molar-refractivity contribution in [3.05, 3.63) is 29.8 Å². The third-order valence-corrected chi connectivity index (χ3v) is 3.43. The average molecular weight is 244 g/mol. The largest absolute Gasteiger partial charge is 0.489 e. The molecule has 1 aromatic rings. The highest BCUT2D eigenvalue weighted by Gasteiger charge is 2.22. The van der Waals surface area contributed by atoms with Crippen LogP contribution in [0.3, 0.4) is 0 Å². The van der Waals surface area contributed by atoms with E-state index in [9.17, 15) is 0 Å². The summed E-state index contributed by atoms with van der Waals surface area (Å²) in [6, 6.07) is 10.1. The van der Waals surface area contributed by atoms with Crippen LogP contribution in [0.5, 0.6) is 5.75 Å². The lowest BCUT2D eigenvalue weighted by molar-refractivity contribution is 0.0706. The average Bonchev–Trinajstić information content (AvgIpc) is 2.40. The second-order valence-electron chi connectivity index (χ2n) is 5.11. The van der Waals surface area contributed by atoms with E-state index in [-0.39, 0.29) is 6.10 Å². The van der Waals surface area contributed by atoms with Crippen LogP contribution < -0.4 is 4.74 Å². The molecule has 0 aromatic heterocycles. The van der Waals surface area contributed by atoms with Crippen LogP contribution in [0.15, 0.2) is 24.3 Å². The normalized spacial score (nSPS) is 20.7. The van der Waals surface area contributed by atoms with Crippen molar-refractivity contribution in [3.63, 3.8) is 0 Å². The highest BCUT2D eigenvalue weighted by molar-refractivity contribution is 5.34. The van der Waals surface area contributed by atoms with E-state index in [4.69, 9.17) is 10.00 Å². The van der Waals surface area contributed by atoms with Crippen molar-refractivity contribution in [2.24, 2.45) is 0 Å². The van der Waals surface area contributed by atoms with Crippen molar-refractivity contribution in [3.8, 4) is 11.8 Å². The van der Waals surface area contributed by atoms with Crippen LogP contribution in [0.2, 0.25) is 0 Å². The van der Waals surface area contributed by atoms with E-state index < -0.39 is 0 Å². The SMILES string of the molecule is CC(C)N1CCCC(Oc2ccc(C#N)cc2)C1. The van der Waals surface area contributed by atoms with Gasteiger partial charge in [0.15, 0.2) is 0 Å². The zero-order valence-corrected chi connectivity index (χ0v) is 11.1. The summed E-state index contributed by atoms with van der Waals surface area (Å²) in [5, 5.41) is 8.75. The number of likely N-dealkylation sites (tertiary alicyclic amines) is 1. The molecule has 0 N–H and O–H groups in total. The second-order valence-corrected chi connectivity index (χ2v) is 5.11. The fraction of sp³-hybridized carbons (Fsp3) is 0.533. The molecule has 1 fully saturated rings. The number of nitrogens with zero attached hydrogens (tertiary/aromatic N) is 2. The van der Waals surface area contributed by atoms with Gasteiger partial charge in [0, 0.05) is 12.6 Å². The van der Waals surface area contributed by atoms with E-state index in [0.29, 0.717) is 11.6 Å². The molecule has 1 heterocycles. The van der Waals surface area contributed by atoms with Crippen LogP contribution in [0.25, 0.3) is 0 Å². The van der Waals surface area contributed by atoms with E-state index in [1.807, 2.05) is 12.1 Å². The Balaban J connectivity index is 1.94. The maximum atomic E-state index is 8.75. The van der Waals surface area contributed by atoms with Crippen molar-refractivity contribution in [1.82, 2.24) is 4.90 Å². The minimum atomic E-state index is 0.272. The molecule has 0 spiro atoms. The van der Waals surface area contributed by atoms with E-state index in [1.165, 1.54) is 13.0 Å². The molecule has 18 heavy (non-hydrogen) atoms. The third kappa shape index (κ3) is 3.24. The Bertz CT molecular complexity index is 419. The Morgan fingerprint density at radius 2 is 2.06 bits per heavy atom. The molecule has 1 aromatic carbocycles. The van der Waals surface area contributed by atoms with E-state index in [0.717, 1.165) is 18.7 Å². The molecule has 96 valence electrons. The van der Waals surface area contributed by atoms with Crippen molar-refractivity contribution >= 4 is 0 Å². The first-order chi connectivity index (χ1) is 8.69. The molecule has 0 saturated carbocycles. The number of piperidine rings is 1. The molecule has 1 saturated heterocycles. The van der Waals surface area contributed by atoms with Crippen LogP contribution in [-0.2, 0) is 0 Å². The fourth-order valence-corrected chi connectivity index (χ4v) is 2.33. The number of benzene rings is 1. The lowest BCUT2D eigenvalue weighted by atomic mass is 10.1. The Morgan fingerprint density at radius 3 is 2.67 bits per heavy atom. The number of hydrogen-bond acceptors (Lipinski definition) is 3. The van der Waals surface area contributed by atoms with Crippen LogP contribution in [0.1, 0.15) is 32.3 Å². The lowest BCUT2D eigenvalue weighted by Crippen LogP contribution is -2.44. The van der Waals surface area contributed by atoms with Gasteiger partial charge in [-0.2, -0.15) is 5.26 Å². The molecule has 1 aliphatic rings. The van der Waals surface area contributed by atoms with Gasteiger partial charge in [0.05, 0.1) is 11.6 Å². The van der Waals surface area contributed by atoms with Crippen molar-refractivity contribution in [2.45, 2.75) is 38.8 Å². The van der Waals surface area contributed by atoms with Crippen molar-refractivity contribution in [1.29, 1.82) is 5.26 Å². The standard InChI is InChI=1S/C15H20N2O/c1-12(2)17-9-3-4-15(11-17)18-14-7-5-13(10-16)6-8-14/h5-8,12,15H,3-4,9,11H2,1-2H3. The summed E-state index contributed by atoms with van der Waals surface area (Å²) >= 11 is 0.